The Morgan fingerprint density at radius 1 is 1.26 bits per heavy atom. The first-order chi connectivity index (χ1) is 15.3. The second-order valence-corrected chi connectivity index (χ2v) is 9.60. The number of phenols is 1. The zero-order valence-electron chi connectivity index (χ0n) is 21.7. The van der Waals surface area contributed by atoms with E-state index in [0.29, 0.717) is 5.56 Å². The summed E-state index contributed by atoms with van der Waals surface area (Å²) in [7, 11) is 0. The molecule has 0 heterocycles. The van der Waals surface area contributed by atoms with Gasteiger partial charge in [-0.15, -0.1) is 6.42 Å². The number of allylic oxidation sites excluding steroid dienone is 6. The molecular formula is C32H52O3. The SMILES string of the molecule is C.C.C#Cc1ccc([C@H](/C(=C(C)/C(C)=C\C)C2(C)CC2)/C(=C(/C)C=C)C(C)(C)O)c(O)c1.CCO.[HH]. The molecule has 198 valence electrons. The van der Waals surface area contributed by atoms with Crippen molar-refractivity contribution in [3.05, 3.63) is 75.9 Å². The Hall–Kier alpha value is -2.54. The maximum atomic E-state index is 11.3. The van der Waals surface area contributed by atoms with Crippen molar-refractivity contribution in [2.75, 3.05) is 6.61 Å². The lowest BCUT2D eigenvalue weighted by Crippen LogP contribution is -2.30. The fourth-order valence-electron chi connectivity index (χ4n) is 4.41. The lowest BCUT2D eigenvalue weighted by atomic mass is 9.69. The van der Waals surface area contributed by atoms with Crippen LogP contribution in [0.25, 0.3) is 0 Å². The van der Waals surface area contributed by atoms with Gasteiger partial charge in [0.25, 0.3) is 0 Å². The zero-order valence-corrected chi connectivity index (χ0v) is 21.7. The molecule has 0 spiro atoms. The molecule has 0 aliphatic heterocycles. The van der Waals surface area contributed by atoms with E-state index in [1.54, 1.807) is 32.9 Å². The third-order valence-corrected chi connectivity index (χ3v) is 6.55. The van der Waals surface area contributed by atoms with Crippen LogP contribution >= 0.6 is 0 Å². The van der Waals surface area contributed by atoms with E-state index < -0.39 is 5.60 Å². The molecule has 35 heavy (non-hydrogen) atoms. The second kappa shape index (κ2) is 14.1. The summed E-state index contributed by atoms with van der Waals surface area (Å²) in [6.07, 6.45) is 11.6. The number of benzene rings is 1. The molecular weight excluding hydrogens is 432 g/mol. The minimum Gasteiger partial charge on any atom is -0.508 e. The first-order valence-corrected chi connectivity index (χ1v) is 11.6. The number of hydrogen-bond donors (Lipinski definition) is 3. The van der Waals surface area contributed by atoms with Crippen LogP contribution in [-0.4, -0.2) is 27.5 Å². The Morgan fingerprint density at radius 2 is 1.77 bits per heavy atom. The predicted molar refractivity (Wildman–Crippen MR) is 156 cm³/mol. The van der Waals surface area contributed by atoms with Crippen LogP contribution in [0.1, 0.15) is 102 Å². The van der Waals surface area contributed by atoms with Crippen LogP contribution in [0.5, 0.6) is 5.75 Å². The molecule has 3 N–H and O–H groups in total. The lowest BCUT2D eigenvalue weighted by Gasteiger charge is -2.37. The molecule has 1 aromatic carbocycles. The molecule has 1 fully saturated rings. The molecule has 0 radical (unpaired) electrons. The van der Waals surface area contributed by atoms with E-state index in [1.165, 1.54) is 16.7 Å². The van der Waals surface area contributed by atoms with Gasteiger partial charge in [-0.1, -0.05) is 58.1 Å². The largest absolute Gasteiger partial charge is 0.508 e. The average molecular weight is 485 g/mol. The van der Waals surface area contributed by atoms with Crippen LogP contribution < -0.4 is 0 Å². The molecule has 0 saturated heterocycles. The van der Waals surface area contributed by atoms with Gasteiger partial charge in [-0.2, -0.15) is 0 Å². The molecule has 3 heteroatoms. The number of aromatic hydroxyl groups is 1. The number of phenolic OH excluding ortho intramolecular Hbond substituents is 1. The third kappa shape index (κ3) is 8.27. The van der Waals surface area contributed by atoms with Gasteiger partial charge in [-0.3, -0.25) is 0 Å². The van der Waals surface area contributed by atoms with Crippen molar-refractivity contribution in [3.8, 4) is 18.1 Å². The standard InChI is InChI=1S/C28H36O2.C2H6O.2CH4.H2/c1-10-18(4)20(6)26(28(9)15-16-28)24(25(19(5)11-2)27(7,8)30)22-14-13-21(12-3)17-23(22)29;1-2-3;;;/h3,10-11,13-14,17,24,29-30H,2,15-16H2,1,4-9H3;3H,2H2,1H3;2*1H4;1H/b18-10-,25-19+,26-20-;;;;/t24-;;;;/m0..../s1. The van der Waals surface area contributed by atoms with Crippen molar-refractivity contribution in [1.29, 1.82) is 0 Å². The Balaban J connectivity index is -0.00000172. The second-order valence-electron chi connectivity index (χ2n) is 9.60. The van der Waals surface area contributed by atoms with Crippen LogP contribution in [0.2, 0.25) is 0 Å². The quantitative estimate of drug-likeness (QED) is 0.269. The Labute approximate surface area is 217 Å². The molecule has 0 bridgehead atoms. The summed E-state index contributed by atoms with van der Waals surface area (Å²) >= 11 is 0. The third-order valence-electron chi connectivity index (χ3n) is 6.55. The van der Waals surface area contributed by atoms with Gasteiger partial charge in [0.05, 0.1) is 5.60 Å². The van der Waals surface area contributed by atoms with Crippen LogP contribution in [0.4, 0.5) is 0 Å². The highest BCUT2D eigenvalue weighted by atomic mass is 16.3. The molecule has 1 atom stereocenters. The van der Waals surface area contributed by atoms with Crippen LogP contribution in [0, 0.1) is 17.8 Å². The average Bonchev–Trinajstić information content (AvgIpc) is 3.49. The number of hydrogen-bond acceptors (Lipinski definition) is 3. The van der Waals surface area contributed by atoms with E-state index in [4.69, 9.17) is 11.5 Å². The summed E-state index contributed by atoms with van der Waals surface area (Å²) in [6.45, 7) is 20.1. The highest BCUT2D eigenvalue weighted by molar-refractivity contribution is 5.57. The van der Waals surface area contributed by atoms with Crippen LogP contribution in [-0.2, 0) is 0 Å². The van der Waals surface area contributed by atoms with Gasteiger partial charge in [-0.25, -0.2) is 0 Å². The predicted octanol–water partition coefficient (Wildman–Crippen LogP) is 8.33. The van der Waals surface area contributed by atoms with Crippen LogP contribution in [0.3, 0.4) is 0 Å². The molecule has 1 aliphatic rings. The molecule has 1 aromatic rings. The van der Waals surface area contributed by atoms with E-state index in [0.717, 1.165) is 29.6 Å². The molecule has 0 aromatic heterocycles. The van der Waals surface area contributed by atoms with Gasteiger partial charge in [-0.05, 0) is 101 Å². The van der Waals surface area contributed by atoms with Crippen molar-refractivity contribution in [2.45, 2.75) is 94.6 Å². The summed E-state index contributed by atoms with van der Waals surface area (Å²) in [5.41, 5.74) is 5.76. The fraction of sp³-hybridized carbons (Fsp3) is 0.500. The first kappa shape index (κ1) is 34.6. The van der Waals surface area contributed by atoms with Crippen molar-refractivity contribution in [1.82, 2.24) is 0 Å². The first-order valence-electron chi connectivity index (χ1n) is 11.6. The fourth-order valence-corrected chi connectivity index (χ4v) is 4.41. The highest BCUT2D eigenvalue weighted by Crippen LogP contribution is 2.60. The number of aliphatic hydroxyl groups excluding tert-OH is 1. The van der Waals surface area contributed by atoms with Gasteiger partial charge in [0.15, 0.2) is 0 Å². The van der Waals surface area contributed by atoms with Crippen molar-refractivity contribution in [3.63, 3.8) is 0 Å². The molecule has 1 aliphatic carbocycles. The van der Waals surface area contributed by atoms with Crippen molar-refractivity contribution >= 4 is 0 Å². The summed E-state index contributed by atoms with van der Waals surface area (Å²) < 4.78 is 0. The van der Waals surface area contributed by atoms with Crippen molar-refractivity contribution in [2.24, 2.45) is 5.41 Å². The van der Waals surface area contributed by atoms with Gasteiger partial charge in [0.2, 0.25) is 0 Å². The van der Waals surface area contributed by atoms with E-state index in [9.17, 15) is 10.2 Å². The Kier molecular flexibility index (Phi) is 14.0. The Bertz CT molecular complexity index is 993. The Morgan fingerprint density at radius 3 is 2.11 bits per heavy atom. The molecule has 3 nitrogen and oxygen atoms in total. The molecule has 0 unspecified atom stereocenters. The molecule has 0 amide bonds. The summed E-state index contributed by atoms with van der Waals surface area (Å²) in [6, 6.07) is 5.40. The maximum absolute atomic E-state index is 11.3. The van der Waals surface area contributed by atoms with Gasteiger partial charge >= 0.3 is 0 Å². The number of rotatable bonds is 7. The van der Waals surface area contributed by atoms with E-state index in [1.807, 2.05) is 26.0 Å². The lowest BCUT2D eigenvalue weighted by molar-refractivity contribution is 0.112. The highest BCUT2D eigenvalue weighted by Gasteiger charge is 2.48. The van der Waals surface area contributed by atoms with Crippen LogP contribution in [0.15, 0.2) is 64.8 Å². The topological polar surface area (TPSA) is 60.7 Å². The van der Waals surface area contributed by atoms with E-state index in [2.05, 4.69) is 39.3 Å². The van der Waals surface area contributed by atoms with Crippen molar-refractivity contribution < 1.29 is 16.7 Å². The monoisotopic (exact) mass is 484 g/mol. The molecule has 2 rings (SSSR count). The summed E-state index contributed by atoms with van der Waals surface area (Å²) in [4.78, 5) is 0. The number of aliphatic hydroxyl groups is 2. The minimum absolute atomic E-state index is 0. The summed E-state index contributed by atoms with van der Waals surface area (Å²) in [5, 5.41) is 29.8. The van der Waals surface area contributed by atoms with E-state index in [-0.39, 0.29) is 40.0 Å². The smallest absolute Gasteiger partial charge is 0.120 e. The minimum atomic E-state index is -1.10. The summed E-state index contributed by atoms with van der Waals surface area (Å²) in [5.74, 6) is 2.46. The zero-order chi connectivity index (χ0) is 25.6. The van der Waals surface area contributed by atoms with Gasteiger partial charge < -0.3 is 15.3 Å². The normalized spacial score (nSPS) is 16.5. The maximum Gasteiger partial charge on any atom is 0.120 e. The van der Waals surface area contributed by atoms with Gasteiger partial charge in [0, 0.05) is 25.1 Å². The van der Waals surface area contributed by atoms with Gasteiger partial charge in [0.1, 0.15) is 5.75 Å². The number of terminal acetylenes is 1. The molecule has 1 saturated carbocycles. The van der Waals surface area contributed by atoms with E-state index >= 15 is 0 Å².